The number of likely N-dealkylation sites (N-methyl/N-ethyl adjacent to an activating group) is 1. The lowest BCUT2D eigenvalue weighted by Crippen LogP contribution is -2.31. The maximum atomic E-state index is 11.8. The first-order valence-electron chi connectivity index (χ1n) is 6.27. The minimum Gasteiger partial charge on any atom is -0.325 e. The Bertz CT molecular complexity index is 407. The molecule has 1 aromatic rings. The van der Waals surface area contributed by atoms with Gasteiger partial charge in [0.15, 0.2) is 0 Å². The van der Waals surface area contributed by atoms with Crippen LogP contribution in [0.25, 0.3) is 0 Å². The van der Waals surface area contributed by atoms with Gasteiger partial charge in [0.05, 0.1) is 6.54 Å². The minimum absolute atomic E-state index is 0.0130. The number of carbonyl (C=O) groups excluding carboxylic acids is 1. The summed E-state index contributed by atoms with van der Waals surface area (Å²) in [4.78, 5) is 13.9. The summed E-state index contributed by atoms with van der Waals surface area (Å²) < 4.78 is 0. The largest absolute Gasteiger partial charge is 0.325 e. The number of rotatable bonds is 6. The van der Waals surface area contributed by atoms with E-state index in [1.54, 1.807) is 6.07 Å². The van der Waals surface area contributed by atoms with E-state index < -0.39 is 0 Å². The third-order valence-electron chi connectivity index (χ3n) is 2.77. The predicted octanol–water partition coefficient (Wildman–Crippen LogP) is 3.32. The standard InChI is InChI=1S/C14H21ClN2O/c1-4-5-8-17(3)10-14(18)16-13-7-6-12(15)9-11(13)2/h6-7,9H,4-5,8,10H2,1-3H3,(H,16,18). The van der Waals surface area contributed by atoms with Crippen molar-refractivity contribution in [2.45, 2.75) is 26.7 Å². The molecular weight excluding hydrogens is 248 g/mol. The summed E-state index contributed by atoms with van der Waals surface area (Å²) >= 11 is 5.87. The van der Waals surface area contributed by atoms with Crippen molar-refractivity contribution in [2.24, 2.45) is 0 Å². The van der Waals surface area contributed by atoms with Gasteiger partial charge in [-0.25, -0.2) is 0 Å². The van der Waals surface area contributed by atoms with Crippen LogP contribution in [0.15, 0.2) is 18.2 Å². The highest BCUT2D eigenvalue weighted by Gasteiger charge is 2.08. The molecule has 1 N–H and O–H groups in total. The van der Waals surface area contributed by atoms with E-state index in [1.165, 1.54) is 0 Å². The maximum absolute atomic E-state index is 11.8. The average molecular weight is 269 g/mol. The normalized spacial score (nSPS) is 10.7. The Kier molecular flexibility index (Phi) is 6.16. The lowest BCUT2D eigenvalue weighted by atomic mass is 10.2. The first-order valence-corrected chi connectivity index (χ1v) is 6.65. The van der Waals surface area contributed by atoms with E-state index in [-0.39, 0.29) is 5.91 Å². The molecule has 0 unspecified atom stereocenters. The molecule has 0 saturated heterocycles. The van der Waals surface area contributed by atoms with Crippen molar-refractivity contribution in [1.29, 1.82) is 0 Å². The second kappa shape index (κ2) is 7.39. The number of hydrogen-bond donors (Lipinski definition) is 1. The molecule has 1 aromatic carbocycles. The van der Waals surface area contributed by atoms with Crippen LogP contribution in [0.2, 0.25) is 5.02 Å². The van der Waals surface area contributed by atoms with Crippen molar-refractivity contribution in [3.05, 3.63) is 28.8 Å². The number of nitrogens with one attached hydrogen (secondary N) is 1. The van der Waals surface area contributed by atoms with Crippen molar-refractivity contribution < 1.29 is 4.79 Å². The molecule has 1 rings (SSSR count). The van der Waals surface area contributed by atoms with Crippen molar-refractivity contribution in [3.8, 4) is 0 Å². The van der Waals surface area contributed by atoms with Gasteiger partial charge in [-0.2, -0.15) is 0 Å². The van der Waals surface area contributed by atoms with Crippen LogP contribution in [-0.2, 0) is 4.79 Å². The first-order chi connectivity index (χ1) is 8.52. The topological polar surface area (TPSA) is 32.3 Å². The fraction of sp³-hybridized carbons (Fsp3) is 0.500. The van der Waals surface area contributed by atoms with E-state index in [1.807, 2.05) is 31.0 Å². The molecule has 0 aromatic heterocycles. The van der Waals surface area contributed by atoms with Crippen LogP contribution in [0.3, 0.4) is 0 Å². The SMILES string of the molecule is CCCCN(C)CC(=O)Nc1ccc(Cl)cc1C. The van der Waals surface area contributed by atoms with Gasteiger partial charge in [0.2, 0.25) is 5.91 Å². The highest BCUT2D eigenvalue weighted by Crippen LogP contribution is 2.19. The third-order valence-corrected chi connectivity index (χ3v) is 3.00. The molecule has 0 aliphatic rings. The van der Waals surface area contributed by atoms with Crippen molar-refractivity contribution in [2.75, 3.05) is 25.5 Å². The van der Waals surface area contributed by atoms with Crippen LogP contribution in [0, 0.1) is 6.92 Å². The third kappa shape index (κ3) is 5.07. The van der Waals surface area contributed by atoms with Gasteiger partial charge < -0.3 is 5.32 Å². The summed E-state index contributed by atoms with van der Waals surface area (Å²) in [5, 5.41) is 3.59. The number of hydrogen-bond acceptors (Lipinski definition) is 2. The van der Waals surface area contributed by atoms with Gasteiger partial charge >= 0.3 is 0 Å². The molecule has 0 atom stereocenters. The molecule has 1 amide bonds. The minimum atomic E-state index is 0.0130. The average Bonchev–Trinajstić information content (AvgIpc) is 2.30. The van der Waals surface area contributed by atoms with Crippen molar-refractivity contribution >= 4 is 23.2 Å². The number of benzene rings is 1. The molecule has 0 aliphatic carbocycles. The fourth-order valence-corrected chi connectivity index (χ4v) is 1.94. The van der Waals surface area contributed by atoms with Crippen LogP contribution in [0.5, 0.6) is 0 Å². The van der Waals surface area contributed by atoms with Crippen molar-refractivity contribution in [3.63, 3.8) is 0 Å². The molecule has 0 heterocycles. The van der Waals surface area contributed by atoms with E-state index in [0.717, 1.165) is 30.6 Å². The number of nitrogens with zero attached hydrogens (tertiary/aromatic N) is 1. The summed E-state index contributed by atoms with van der Waals surface area (Å²) in [5.74, 6) is 0.0130. The molecule has 100 valence electrons. The molecule has 0 aliphatic heterocycles. The fourth-order valence-electron chi connectivity index (χ4n) is 1.71. The smallest absolute Gasteiger partial charge is 0.238 e. The Morgan fingerprint density at radius 2 is 2.17 bits per heavy atom. The van der Waals surface area contributed by atoms with E-state index >= 15 is 0 Å². The molecule has 0 fully saturated rings. The van der Waals surface area contributed by atoms with Gasteiger partial charge in [-0.15, -0.1) is 0 Å². The zero-order valence-electron chi connectivity index (χ0n) is 11.3. The molecule has 3 nitrogen and oxygen atoms in total. The molecule has 0 saturated carbocycles. The number of unbranched alkanes of at least 4 members (excludes halogenated alkanes) is 1. The summed E-state index contributed by atoms with van der Waals surface area (Å²) in [6, 6.07) is 5.46. The molecular formula is C14H21ClN2O. The van der Waals surface area contributed by atoms with Crippen LogP contribution in [0.4, 0.5) is 5.69 Å². The second-order valence-electron chi connectivity index (χ2n) is 4.60. The predicted molar refractivity (Wildman–Crippen MR) is 77.2 cm³/mol. The number of anilines is 1. The lowest BCUT2D eigenvalue weighted by molar-refractivity contribution is -0.117. The van der Waals surface area contributed by atoms with E-state index in [0.29, 0.717) is 11.6 Å². The van der Waals surface area contributed by atoms with Gasteiger partial charge in [0.1, 0.15) is 0 Å². The van der Waals surface area contributed by atoms with Gasteiger partial charge in [-0.1, -0.05) is 24.9 Å². The zero-order valence-corrected chi connectivity index (χ0v) is 12.0. The van der Waals surface area contributed by atoms with Gasteiger partial charge in [0, 0.05) is 10.7 Å². The first kappa shape index (κ1) is 15.0. The van der Waals surface area contributed by atoms with Crippen LogP contribution >= 0.6 is 11.6 Å². The van der Waals surface area contributed by atoms with Gasteiger partial charge in [-0.3, -0.25) is 9.69 Å². The highest BCUT2D eigenvalue weighted by atomic mass is 35.5. The molecule has 4 heteroatoms. The van der Waals surface area contributed by atoms with E-state index in [9.17, 15) is 4.79 Å². The maximum Gasteiger partial charge on any atom is 0.238 e. The Hall–Kier alpha value is -1.06. The Morgan fingerprint density at radius 1 is 1.44 bits per heavy atom. The van der Waals surface area contributed by atoms with Crippen LogP contribution in [-0.4, -0.2) is 30.9 Å². The van der Waals surface area contributed by atoms with Gasteiger partial charge in [-0.05, 0) is 50.7 Å². The highest BCUT2D eigenvalue weighted by molar-refractivity contribution is 6.30. The number of halogens is 1. The van der Waals surface area contributed by atoms with E-state index in [2.05, 4.69) is 12.2 Å². The molecule has 0 bridgehead atoms. The summed E-state index contributed by atoms with van der Waals surface area (Å²) in [6.45, 7) is 5.44. The molecule has 18 heavy (non-hydrogen) atoms. The Balaban J connectivity index is 2.49. The van der Waals surface area contributed by atoms with Crippen LogP contribution in [0.1, 0.15) is 25.3 Å². The Labute approximate surface area is 114 Å². The summed E-state index contributed by atoms with van der Waals surface area (Å²) in [6.07, 6.45) is 2.26. The summed E-state index contributed by atoms with van der Waals surface area (Å²) in [7, 11) is 1.96. The Morgan fingerprint density at radius 3 is 2.78 bits per heavy atom. The number of amides is 1. The molecule has 0 spiro atoms. The monoisotopic (exact) mass is 268 g/mol. The zero-order chi connectivity index (χ0) is 13.5. The quantitative estimate of drug-likeness (QED) is 0.858. The molecule has 0 radical (unpaired) electrons. The number of aryl methyl sites for hydroxylation is 1. The number of carbonyl (C=O) groups is 1. The van der Waals surface area contributed by atoms with Crippen LogP contribution < -0.4 is 5.32 Å². The summed E-state index contributed by atoms with van der Waals surface area (Å²) in [5.41, 5.74) is 1.81. The van der Waals surface area contributed by atoms with E-state index in [4.69, 9.17) is 11.6 Å². The second-order valence-corrected chi connectivity index (χ2v) is 5.04. The van der Waals surface area contributed by atoms with Crippen molar-refractivity contribution in [1.82, 2.24) is 4.90 Å². The van der Waals surface area contributed by atoms with Gasteiger partial charge in [0.25, 0.3) is 0 Å². The lowest BCUT2D eigenvalue weighted by Gasteiger charge is -2.16.